The Morgan fingerprint density at radius 2 is 1.70 bits per heavy atom. The van der Waals surface area contributed by atoms with Crippen molar-refractivity contribution in [1.29, 1.82) is 0 Å². The standard InChI is InChI=1S/C24H29N5O/c1-4-21(20-10-6-5-7-11-20)24(30)28-16-14-27(15-17-28)23-18(2)26-29(19(23)3)22-12-8-9-13-25-22/h5-13,21H,4,14-17H2,1-3H3. The highest BCUT2D eigenvalue weighted by atomic mass is 16.2. The quantitative estimate of drug-likeness (QED) is 0.651. The van der Waals surface area contributed by atoms with Crippen LogP contribution in [0.2, 0.25) is 0 Å². The topological polar surface area (TPSA) is 54.3 Å². The highest BCUT2D eigenvalue weighted by molar-refractivity contribution is 5.84. The van der Waals surface area contributed by atoms with Crippen molar-refractivity contribution in [3.8, 4) is 5.82 Å². The maximum Gasteiger partial charge on any atom is 0.230 e. The van der Waals surface area contributed by atoms with Gasteiger partial charge in [-0.25, -0.2) is 9.67 Å². The van der Waals surface area contributed by atoms with E-state index >= 15 is 0 Å². The fourth-order valence-corrected chi connectivity index (χ4v) is 4.40. The number of nitrogens with zero attached hydrogens (tertiary/aromatic N) is 5. The van der Waals surface area contributed by atoms with Gasteiger partial charge in [-0.3, -0.25) is 4.79 Å². The highest BCUT2D eigenvalue weighted by Crippen LogP contribution is 2.28. The molecule has 0 bridgehead atoms. The molecule has 1 fully saturated rings. The van der Waals surface area contributed by atoms with Crippen molar-refractivity contribution in [2.45, 2.75) is 33.1 Å². The molecule has 0 spiro atoms. The molecule has 2 aromatic heterocycles. The van der Waals surface area contributed by atoms with Crippen LogP contribution in [-0.2, 0) is 4.79 Å². The van der Waals surface area contributed by atoms with E-state index in [-0.39, 0.29) is 11.8 Å². The van der Waals surface area contributed by atoms with Crippen molar-refractivity contribution in [2.24, 2.45) is 0 Å². The van der Waals surface area contributed by atoms with Gasteiger partial charge in [0.05, 0.1) is 23.0 Å². The number of aromatic nitrogens is 3. The van der Waals surface area contributed by atoms with Gasteiger partial charge >= 0.3 is 0 Å². The van der Waals surface area contributed by atoms with Gasteiger partial charge in [0.15, 0.2) is 5.82 Å². The van der Waals surface area contributed by atoms with Crippen LogP contribution in [0, 0.1) is 13.8 Å². The first-order valence-corrected chi connectivity index (χ1v) is 10.7. The van der Waals surface area contributed by atoms with Crippen LogP contribution >= 0.6 is 0 Å². The van der Waals surface area contributed by atoms with Crippen LogP contribution in [-0.4, -0.2) is 51.8 Å². The second-order valence-electron chi connectivity index (χ2n) is 7.80. The number of benzene rings is 1. The Hall–Kier alpha value is -3.15. The smallest absolute Gasteiger partial charge is 0.230 e. The largest absolute Gasteiger partial charge is 0.365 e. The molecule has 3 aromatic rings. The number of piperazine rings is 1. The maximum atomic E-state index is 13.2. The van der Waals surface area contributed by atoms with Gasteiger partial charge in [-0.05, 0) is 38.0 Å². The summed E-state index contributed by atoms with van der Waals surface area (Å²) in [6.45, 7) is 9.31. The van der Waals surface area contributed by atoms with Gasteiger partial charge in [0.1, 0.15) is 0 Å². The number of hydrogen-bond donors (Lipinski definition) is 0. The van der Waals surface area contributed by atoms with Gasteiger partial charge in [-0.2, -0.15) is 5.10 Å². The zero-order valence-corrected chi connectivity index (χ0v) is 18.0. The number of aryl methyl sites for hydroxylation is 1. The van der Waals surface area contributed by atoms with E-state index in [0.717, 1.165) is 61.1 Å². The average Bonchev–Trinajstić information content (AvgIpc) is 3.09. The van der Waals surface area contributed by atoms with E-state index in [9.17, 15) is 4.79 Å². The molecule has 4 rings (SSSR count). The van der Waals surface area contributed by atoms with Gasteiger partial charge in [-0.15, -0.1) is 0 Å². The number of amides is 1. The minimum Gasteiger partial charge on any atom is -0.365 e. The molecule has 3 heterocycles. The van der Waals surface area contributed by atoms with E-state index < -0.39 is 0 Å². The summed E-state index contributed by atoms with van der Waals surface area (Å²) in [4.78, 5) is 22.0. The lowest BCUT2D eigenvalue weighted by atomic mass is 9.95. The second kappa shape index (κ2) is 8.69. The molecular weight excluding hydrogens is 374 g/mol. The Balaban J connectivity index is 1.47. The first-order valence-electron chi connectivity index (χ1n) is 10.7. The van der Waals surface area contributed by atoms with E-state index in [0.29, 0.717) is 0 Å². The highest BCUT2D eigenvalue weighted by Gasteiger charge is 2.29. The summed E-state index contributed by atoms with van der Waals surface area (Å²) in [5, 5.41) is 4.72. The number of carbonyl (C=O) groups is 1. The number of rotatable bonds is 5. The first-order chi connectivity index (χ1) is 14.6. The van der Waals surface area contributed by atoms with Gasteiger partial charge in [-0.1, -0.05) is 43.3 Å². The van der Waals surface area contributed by atoms with Crippen molar-refractivity contribution in [3.05, 3.63) is 71.7 Å². The molecular formula is C24H29N5O. The number of anilines is 1. The first kappa shape index (κ1) is 20.1. The van der Waals surface area contributed by atoms with E-state index in [4.69, 9.17) is 5.10 Å². The molecule has 1 unspecified atom stereocenters. The molecule has 1 aromatic carbocycles. The zero-order chi connectivity index (χ0) is 21.1. The van der Waals surface area contributed by atoms with E-state index in [1.165, 1.54) is 0 Å². The van der Waals surface area contributed by atoms with Crippen molar-refractivity contribution in [2.75, 3.05) is 31.1 Å². The lowest BCUT2D eigenvalue weighted by molar-refractivity contribution is -0.133. The van der Waals surface area contributed by atoms with E-state index in [1.807, 2.05) is 52.9 Å². The molecule has 1 amide bonds. The van der Waals surface area contributed by atoms with Crippen molar-refractivity contribution in [3.63, 3.8) is 0 Å². The summed E-state index contributed by atoms with van der Waals surface area (Å²) >= 11 is 0. The van der Waals surface area contributed by atoms with Gasteiger partial charge < -0.3 is 9.80 Å². The summed E-state index contributed by atoms with van der Waals surface area (Å²) in [5.41, 5.74) is 4.34. The molecule has 30 heavy (non-hydrogen) atoms. The molecule has 0 aliphatic carbocycles. The predicted octanol–water partition coefficient (Wildman–Crippen LogP) is 3.73. The molecule has 6 nitrogen and oxygen atoms in total. The van der Waals surface area contributed by atoms with Crippen LogP contribution in [0.5, 0.6) is 0 Å². The molecule has 1 atom stereocenters. The average molecular weight is 404 g/mol. The summed E-state index contributed by atoms with van der Waals surface area (Å²) in [7, 11) is 0. The number of carbonyl (C=O) groups excluding carboxylic acids is 1. The molecule has 0 saturated carbocycles. The Bertz CT molecular complexity index is 991. The number of pyridine rings is 1. The second-order valence-corrected chi connectivity index (χ2v) is 7.80. The summed E-state index contributed by atoms with van der Waals surface area (Å²) in [6.07, 6.45) is 2.60. The third-order valence-electron chi connectivity index (χ3n) is 5.94. The maximum absolute atomic E-state index is 13.2. The fourth-order valence-electron chi connectivity index (χ4n) is 4.40. The number of hydrogen-bond acceptors (Lipinski definition) is 4. The zero-order valence-electron chi connectivity index (χ0n) is 18.0. The van der Waals surface area contributed by atoms with Gasteiger partial charge in [0.25, 0.3) is 0 Å². The van der Waals surface area contributed by atoms with E-state index in [2.05, 4.69) is 35.9 Å². The van der Waals surface area contributed by atoms with Crippen LogP contribution in [0.3, 0.4) is 0 Å². The SMILES string of the molecule is CCC(C(=O)N1CCN(c2c(C)nn(-c3ccccn3)c2C)CC1)c1ccccc1. The predicted molar refractivity (Wildman–Crippen MR) is 119 cm³/mol. The lowest BCUT2D eigenvalue weighted by Gasteiger charge is -2.37. The summed E-state index contributed by atoms with van der Waals surface area (Å²) in [6, 6.07) is 16.0. The minimum atomic E-state index is -0.0619. The van der Waals surface area contributed by atoms with Crippen LogP contribution < -0.4 is 4.90 Å². The fraction of sp³-hybridized carbons (Fsp3) is 0.375. The summed E-state index contributed by atoms with van der Waals surface area (Å²) < 4.78 is 1.91. The van der Waals surface area contributed by atoms with Crippen molar-refractivity contribution >= 4 is 11.6 Å². The summed E-state index contributed by atoms with van der Waals surface area (Å²) in [5.74, 6) is 1.00. The molecule has 0 radical (unpaired) electrons. The Morgan fingerprint density at radius 1 is 1.00 bits per heavy atom. The minimum absolute atomic E-state index is 0.0619. The third kappa shape index (κ3) is 3.82. The third-order valence-corrected chi connectivity index (χ3v) is 5.94. The molecule has 1 saturated heterocycles. The molecule has 156 valence electrons. The van der Waals surface area contributed by atoms with E-state index in [1.54, 1.807) is 6.20 Å². The Kier molecular flexibility index (Phi) is 5.84. The molecule has 6 heteroatoms. The van der Waals surface area contributed by atoms with Crippen LogP contribution in [0.25, 0.3) is 5.82 Å². The Labute approximate surface area is 178 Å². The van der Waals surface area contributed by atoms with Crippen LogP contribution in [0.4, 0.5) is 5.69 Å². The molecule has 1 aliphatic heterocycles. The van der Waals surface area contributed by atoms with Crippen LogP contribution in [0.1, 0.15) is 36.2 Å². The normalized spacial score (nSPS) is 15.3. The monoisotopic (exact) mass is 403 g/mol. The van der Waals surface area contributed by atoms with Crippen molar-refractivity contribution in [1.82, 2.24) is 19.7 Å². The van der Waals surface area contributed by atoms with Crippen molar-refractivity contribution < 1.29 is 4.79 Å². The lowest BCUT2D eigenvalue weighted by Crippen LogP contribution is -2.50. The molecule has 1 aliphatic rings. The Morgan fingerprint density at radius 3 is 2.33 bits per heavy atom. The molecule has 0 N–H and O–H groups in total. The van der Waals surface area contributed by atoms with Crippen LogP contribution in [0.15, 0.2) is 54.7 Å². The van der Waals surface area contributed by atoms with Gasteiger partial charge in [0.2, 0.25) is 5.91 Å². The van der Waals surface area contributed by atoms with Gasteiger partial charge in [0, 0.05) is 32.4 Å².